The number of guanidine groups is 1. The van der Waals surface area contributed by atoms with Crippen LogP contribution in [0.2, 0.25) is 0 Å². The van der Waals surface area contributed by atoms with Crippen molar-refractivity contribution in [2.75, 3.05) is 39.8 Å². The molecule has 1 aliphatic carbocycles. The van der Waals surface area contributed by atoms with Crippen molar-refractivity contribution in [2.45, 2.75) is 57.1 Å². The Morgan fingerprint density at radius 3 is 2.70 bits per heavy atom. The van der Waals surface area contributed by atoms with Crippen molar-refractivity contribution in [3.05, 3.63) is 22.4 Å². The molecule has 1 saturated carbocycles. The molecule has 0 radical (unpaired) electrons. The molecule has 2 N–H and O–H groups in total. The van der Waals surface area contributed by atoms with Gasteiger partial charge in [0.05, 0.1) is 12.1 Å². The standard InChI is InChI=1S/C20H34N4OS.HI/c1-21-20(22-11-7-14-25-17-8-2-3-9-17)23-16-18(19-10-6-15-26-19)24-12-4-5-13-24;/h6,10,15,17-18H,2-5,7-9,11-14,16H2,1H3,(H2,21,22,23);1H. The predicted octanol–water partition coefficient (Wildman–Crippen LogP) is 4.02. The number of ether oxygens (including phenoxy) is 1. The van der Waals surface area contributed by atoms with E-state index in [1.54, 1.807) is 0 Å². The molecule has 3 rings (SSSR count). The third-order valence-corrected chi connectivity index (χ3v) is 6.38. The summed E-state index contributed by atoms with van der Waals surface area (Å²) in [5.41, 5.74) is 0. The molecular weight excluding hydrogens is 471 g/mol. The van der Waals surface area contributed by atoms with Crippen LogP contribution in [0.3, 0.4) is 0 Å². The van der Waals surface area contributed by atoms with Gasteiger partial charge >= 0.3 is 0 Å². The fraction of sp³-hybridized carbons (Fsp3) is 0.750. The van der Waals surface area contributed by atoms with E-state index in [1.807, 2.05) is 18.4 Å². The van der Waals surface area contributed by atoms with Crippen LogP contribution in [0.15, 0.2) is 22.5 Å². The number of nitrogens with one attached hydrogen (secondary N) is 2. The quantitative estimate of drug-likeness (QED) is 0.230. The molecule has 1 saturated heterocycles. The number of nitrogens with zero attached hydrogens (tertiary/aromatic N) is 2. The van der Waals surface area contributed by atoms with Crippen LogP contribution < -0.4 is 10.6 Å². The fourth-order valence-electron chi connectivity index (χ4n) is 3.94. The summed E-state index contributed by atoms with van der Waals surface area (Å²) in [4.78, 5) is 8.42. The van der Waals surface area contributed by atoms with Gasteiger partial charge in [-0.25, -0.2) is 0 Å². The molecule has 5 nitrogen and oxygen atoms in total. The van der Waals surface area contributed by atoms with Gasteiger partial charge < -0.3 is 15.4 Å². The topological polar surface area (TPSA) is 48.9 Å². The van der Waals surface area contributed by atoms with Crippen LogP contribution in [-0.4, -0.2) is 56.8 Å². The minimum atomic E-state index is 0. The predicted molar refractivity (Wildman–Crippen MR) is 125 cm³/mol. The third kappa shape index (κ3) is 7.51. The van der Waals surface area contributed by atoms with Crippen molar-refractivity contribution >= 4 is 41.3 Å². The molecule has 1 unspecified atom stereocenters. The summed E-state index contributed by atoms with van der Waals surface area (Å²) in [6, 6.07) is 4.86. The second kappa shape index (κ2) is 13.0. The summed E-state index contributed by atoms with van der Waals surface area (Å²) in [5.74, 6) is 0.895. The average Bonchev–Trinajstić information content (AvgIpc) is 3.43. The van der Waals surface area contributed by atoms with E-state index in [1.165, 1.54) is 56.5 Å². The molecule has 1 aromatic heterocycles. The highest BCUT2D eigenvalue weighted by atomic mass is 127. The molecule has 0 spiro atoms. The largest absolute Gasteiger partial charge is 0.378 e. The van der Waals surface area contributed by atoms with Gasteiger partial charge in [-0.05, 0) is 56.6 Å². The Morgan fingerprint density at radius 2 is 2.04 bits per heavy atom. The van der Waals surface area contributed by atoms with Crippen LogP contribution in [0.1, 0.15) is 55.9 Å². The summed E-state index contributed by atoms with van der Waals surface area (Å²) in [7, 11) is 1.85. The third-order valence-electron chi connectivity index (χ3n) is 5.41. The Balaban J connectivity index is 0.00000261. The monoisotopic (exact) mass is 506 g/mol. The Morgan fingerprint density at radius 1 is 1.26 bits per heavy atom. The highest BCUT2D eigenvalue weighted by Gasteiger charge is 2.24. The fourth-order valence-corrected chi connectivity index (χ4v) is 4.80. The van der Waals surface area contributed by atoms with Crippen molar-refractivity contribution < 1.29 is 4.74 Å². The number of rotatable bonds is 9. The van der Waals surface area contributed by atoms with E-state index in [2.05, 4.69) is 38.0 Å². The highest BCUT2D eigenvalue weighted by Crippen LogP contribution is 2.27. The smallest absolute Gasteiger partial charge is 0.191 e. The summed E-state index contributed by atoms with van der Waals surface area (Å²) >= 11 is 1.86. The molecule has 2 fully saturated rings. The molecular formula is C20H35IN4OS. The van der Waals surface area contributed by atoms with Crippen LogP contribution in [-0.2, 0) is 4.74 Å². The van der Waals surface area contributed by atoms with E-state index in [0.29, 0.717) is 12.1 Å². The minimum absolute atomic E-state index is 0. The molecule has 154 valence electrons. The van der Waals surface area contributed by atoms with Gasteiger partial charge in [0.25, 0.3) is 0 Å². The van der Waals surface area contributed by atoms with Gasteiger partial charge in [0.1, 0.15) is 0 Å². The first kappa shape index (κ1) is 22.9. The first-order valence-corrected chi connectivity index (χ1v) is 11.1. The van der Waals surface area contributed by atoms with Crippen molar-refractivity contribution in [1.29, 1.82) is 0 Å². The molecule has 7 heteroatoms. The Hall–Kier alpha value is -0.380. The number of halogens is 1. The number of hydrogen-bond donors (Lipinski definition) is 2. The normalized spacial score (nSPS) is 19.8. The molecule has 27 heavy (non-hydrogen) atoms. The van der Waals surface area contributed by atoms with Gasteiger partial charge in [-0.15, -0.1) is 35.3 Å². The number of thiophene rings is 1. The maximum atomic E-state index is 5.93. The lowest BCUT2D eigenvalue weighted by Gasteiger charge is -2.27. The van der Waals surface area contributed by atoms with Gasteiger partial charge in [0.2, 0.25) is 0 Å². The SMILES string of the molecule is CN=C(NCCCOC1CCCC1)NCC(c1cccs1)N1CCCC1.I. The zero-order valence-electron chi connectivity index (χ0n) is 16.5. The number of hydrogen-bond acceptors (Lipinski definition) is 4. The molecule has 0 amide bonds. The Labute approximate surface area is 185 Å². The van der Waals surface area contributed by atoms with E-state index >= 15 is 0 Å². The van der Waals surface area contributed by atoms with Gasteiger partial charge in [0.15, 0.2) is 5.96 Å². The van der Waals surface area contributed by atoms with E-state index in [-0.39, 0.29) is 24.0 Å². The summed E-state index contributed by atoms with van der Waals surface area (Å²) in [6.07, 6.45) is 9.33. The maximum absolute atomic E-state index is 5.93. The van der Waals surface area contributed by atoms with Crippen molar-refractivity contribution in [2.24, 2.45) is 4.99 Å². The molecule has 1 aromatic rings. The Bertz CT molecular complexity index is 528. The lowest BCUT2D eigenvalue weighted by atomic mass is 10.2. The molecule has 0 bridgehead atoms. The first-order chi connectivity index (χ1) is 12.9. The second-order valence-electron chi connectivity index (χ2n) is 7.28. The van der Waals surface area contributed by atoms with Gasteiger partial charge in [0, 0.05) is 31.6 Å². The zero-order chi connectivity index (χ0) is 18.0. The molecule has 1 atom stereocenters. The Kier molecular flexibility index (Phi) is 11.0. The maximum Gasteiger partial charge on any atom is 0.191 e. The van der Waals surface area contributed by atoms with Crippen molar-refractivity contribution in [1.82, 2.24) is 15.5 Å². The van der Waals surface area contributed by atoms with Gasteiger partial charge in [-0.3, -0.25) is 9.89 Å². The first-order valence-electron chi connectivity index (χ1n) is 10.2. The molecule has 1 aliphatic heterocycles. The van der Waals surface area contributed by atoms with Crippen LogP contribution in [0.4, 0.5) is 0 Å². The van der Waals surface area contributed by atoms with Crippen LogP contribution in [0.5, 0.6) is 0 Å². The van der Waals surface area contributed by atoms with Crippen LogP contribution >= 0.6 is 35.3 Å². The summed E-state index contributed by atoms with van der Waals surface area (Å²) in [5, 5.41) is 9.14. The summed E-state index contributed by atoms with van der Waals surface area (Å²) in [6.45, 7) is 5.06. The second-order valence-corrected chi connectivity index (χ2v) is 8.26. The molecule has 0 aromatic carbocycles. The van der Waals surface area contributed by atoms with Crippen molar-refractivity contribution in [3.8, 4) is 0 Å². The van der Waals surface area contributed by atoms with Gasteiger partial charge in [-0.2, -0.15) is 0 Å². The molecule has 2 heterocycles. The van der Waals surface area contributed by atoms with E-state index in [0.717, 1.165) is 32.1 Å². The van der Waals surface area contributed by atoms with Crippen molar-refractivity contribution in [3.63, 3.8) is 0 Å². The minimum Gasteiger partial charge on any atom is -0.378 e. The van der Waals surface area contributed by atoms with Crippen LogP contribution in [0.25, 0.3) is 0 Å². The van der Waals surface area contributed by atoms with Gasteiger partial charge in [-0.1, -0.05) is 18.9 Å². The van der Waals surface area contributed by atoms with E-state index < -0.39 is 0 Å². The van der Waals surface area contributed by atoms with E-state index in [9.17, 15) is 0 Å². The van der Waals surface area contributed by atoms with E-state index in [4.69, 9.17) is 4.74 Å². The van der Waals surface area contributed by atoms with Crippen LogP contribution in [0, 0.1) is 0 Å². The number of likely N-dealkylation sites (tertiary alicyclic amines) is 1. The lowest BCUT2D eigenvalue weighted by Crippen LogP contribution is -2.42. The molecule has 2 aliphatic rings. The zero-order valence-corrected chi connectivity index (χ0v) is 19.6. The lowest BCUT2D eigenvalue weighted by molar-refractivity contribution is 0.0574. The highest BCUT2D eigenvalue weighted by molar-refractivity contribution is 14.0. The average molecular weight is 506 g/mol. The summed E-state index contributed by atoms with van der Waals surface area (Å²) < 4.78 is 5.93. The number of aliphatic imine (C=N–C) groups is 1.